The molecule has 4 aromatic rings. The van der Waals surface area contributed by atoms with Gasteiger partial charge in [-0.25, -0.2) is 10.1 Å². The lowest BCUT2D eigenvalue weighted by Crippen LogP contribution is -2.19. The Labute approximate surface area is 168 Å². The second-order valence-corrected chi connectivity index (χ2v) is 7.06. The van der Waals surface area contributed by atoms with E-state index in [-0.39, 0.29) is 17.2 Å². The lowest BCUT2D eigenvalue weighted by atomic mass is 10.1. The number of benzene rings is 2. The van der Waals surface area contributed by atoms with Crippen LogP contribution < -0.4 is 16.2 Å². The van der Waals surface area contributed by atoms with Gasteiger partial charge >= 0.3 is 0 Å². The van der Waals surface area contributed by atoms with Crippen molar-refractivity contribution in [3.63, 3.8) is 0 Å². The van der Waals surface area contributed by atoms with E-state index in [1.165, 1.54) is 18.3 Å². The zero-order chi connectivity index (χ0) is 20.4. The van der Waals surface area contributed by atoms with Crippen LogP contribution in [-0.2, 0) is 4.79 Å². The average molecular weight is 405 g/mol. The van der Waals surface area contributed by atoms with Crippen LogP contribution in [0.1, 0.15) is 17.4 Å². The summed E-state index contributed by atoms with van der Waals surface area (Å²) in [6.45, 7) is 1.45. The van der Waals surface area contributed by atoms with Crippen molar-refractivity contribution in [2.75, 3.05) is 10.6 Å². The molecule has 0 unspecified atom stereocenters. The predicted molar refractivity (Wildman–Crippen MR) is 112 cm³/mol. The van der Waals surface area contributed by atoms with Crippen LogP contribution in [0.4, 0.5) is 10.8 Å². The minimum absolute atomic E-state index is 0.122. The van der Waals surface area contributed by atoms with Crippen molar-refractivity contribution in [2.24, 2.45) is 0 Å². The number of nitrogens with one attached hydrogen (secondary N) is 3. The molecule has 3 N–H and O–H groups in total. The summed E-state index contributed by atoms with van der Waals surface area (Å²) in [7, 11) is 0. The molecule has 2 amide bonds. The van der Waals surface area contributed by atoms with E-state index in [0.29, 0.717) is 27.3 Å². The van der Waals surface area contributed by atoms with Crippen LogP contribution in [0.2, 0.25) is 0 Å². The summed E-state index contributed by atoms with van der Waals surface area (Å²) in [5.74, 6) is -0.598. The summed E-state index contributed by atoms with van der Waals surface area (Å²) in [5, 5.41) is 14.8. The zero-order valence-electron chi connectivity index (χ0n) is 15.2. The molecule has 2 aromatic carbocycles. The molecule has 0 saturated heterocycles. The molecule has 0 saturated carbocycles. The maximum Gasteiger partial charge on any atom is 0.278 e. The maximum absolute atomic E-state index is 12.7. The standard InChI is InChI=1S/C20H15N5O3S/c1-11(26)21-13-8-6-12(7-9-13)16-10-29-20(22-16)23-19(28)17-14-4-2-3-5-15(14)18(27)25-24-17/h2-10H,1H3,(H,21,26)(H,25,27)(H,22,23,28). The van der Waals surface area contributed by atoms with E-state index in [4.69, 9.17) is 0 Å². The Morgan fingerprint density at radius 1 is 1.00 bits per heavy atom. The highest BCUT2D eigenvalue weighted by Gasteiger charge is 2.16. The summed E-state index contributed by atoms with van der Waals surface area (Å²) < 4.78 is 0. The Kier molecular flexibility index (Phi) is 4.88. The third-order valence-corrected chi connectivity index (χ3v) is 4.89. The molecule has 0 aliphatic rings. The van der Waals surface area contributed by atoms with Crippen molar-refractivity contribution in [1.29, 1.82) is 0 Å². The largest absolute Gasteiger partial charge is 0.326 e. The molecule has 9 heteroatoms. The maximum atomic E-state index is 12.7. The summed E-state index contributed by atoms with van der Waals surface area (Å²) in [4.78, 5) is 40.1. The van der Waals surface area contributed by atoms with Gasteiger partial charge in [-0.1, -0.05) is 30.3 Å². The first-order valence-corrected chi connectivity index (χ1v) is 9.51. The fourth-order valence-corrected chi connectivity index (χ4v) is 3.55. The lowest BCUT2D eigenvalue weighted by molar-refractivity contribution is -0.114. The number of rotatable bonds is 4. The second kappa shape index (κ2) is 7.64. The van der Waals surface area contributed by atoms with Crippen LogP contribution in [0.25, 0.3) is 22.0 Å². The van der Waals surface area contributed by atoms with Gasteiger partial charge in [0.15, 0.2) is 10.8 Å². The van der Waals surface area contributed by atoms with Crippen LogP contribution in [0.5, 0.6) is 0 Å². The van der Waals surface area contributed by atoms with Crippen LogP contribution in [0.3, 0.4) is 0 Å². The Morgan fingerprint density at radius 2 is 1.72 bits per heavy atom. The van der Waals surface area contributed by atoms with E-state index in [2.05, 4.69) is 25.8 Å². The van der Waals surface area contributed by atoms with E-state index >= 15 is 0 Å². The summed E-state index contributed by atoms with van der Waals surface area (Å²) in [5.41, 5.74) is 2.01. The monoisotopic (exact) mass is 405 g/mol. The minimum Gasteiger partial charge on any atom is -0.326 e. The van der Waals surface area contributed by atoms with E-state index in [1.54, 1.807) is 36.4 Å². The molecule has 2 aromatic heterocycles. The zero-order valence-corrected chi connectivity index (χ0v) is 16.0. The first kappa shape index (κ1) is 18.5. The van der Waals surface area contributed by atoms with Crippen molar-refractivity contribution in [3.8, 4) is 11.3 Å². The molecule has 0 atom stereocenters. The highest BCUT2D eigenvalue weighted by atomic mass is 32.1. The number of aromatic nitrogens is 3. The van der Waals surface area contributed by atoms with Crippen LogP contribution >= 0.6 is 11.3 Å². The third-order valence-electron chi connectivity index (χ3n) is 4.14. The SMILES string of the molecule is CC(=O)Nc1ccc(-c2csc(NC(=O)c3n[nH]c(=O)c4ccccc34)n2)cc1. The first-order valence-electron chi connectivity index (χ1n) is 8.63. The Bertz CT molecular complexity index is 1280. The number of anilines is 2. The van der Waals surface area contributed by atoms with Gasteiger partial charge in [-0.2, -0.15) is 5.10 Å². The van der Waals surface area contributed by atoms with Gasteiger partial charge in [-0.05, 0) is 18.2 Å². The number of hydrogen-bond acceptors (Lipinski definition) is 6. The van der Waals surface area contributed by atoms with Gasteiger partial charge in [0.25, 0.3) is 11.5 Å². The fourth-order valence-electron chi connectivity index (χ4n) is 2.84. The van der Waals surface area contributed by atoms with Crippen LogP contribution in [0.15, 0.2) is 58.7 Å². The number of carbonyl (C=O) groups excluding carboxylic acids is 2. The molecule has 0 aliphatic carbocycles. The number of amides is 2. The van der Waals surface area contributed by atoms with Gasteiger partial charge in [-0.3, -0.25) is 19.7 Å². The number of nitrogens with zero attached hydrogens (tertiary/aromatic N) is 2. The quantitative estimate of drug-likeness (QED) is 0.482. The van der Waals surface area contributed by atoms with Crippen molar-refractivity contribution >= 4 is 44.7 Å². The first-order chi connectivity index (χ1) is 14.0. The van der Waals surface area contributed by atoms with Crippen molar-refractivity contribution in [2.45, 2.75) is 6.92 Å². The topological polar surface area (TPSA) is 117 Å². The molecule has 29 heavy (non-hydrogen) atoms. The van der Waals surface area contributed by atoms with Gasteiger partial charge in [-0.15, -0.1) is 11.3 Å². The minimum atomic E-state index is -0.459. The Balaban J connectivity index is 1.55. The van der Waals surface area contributed by atoms with E-state index in [9.17, 15) is 14.4 Å². The van der Waals surface area contributed by atoms with Crippen molar-refractivity contribution < 1.29 is 9.59 Å². The molecule has 144 valence electrons. The number of thiazole rings is 1. The summed E-state index contributed by atoms with van der Waals surface area (Å²) in [6, 6.07) is 14.0. The normalized spacial score (nSPS) is 10.7. The van der Waals surface area contributed by atoms with Gasteiger partial charge in [0.1, 0.15) is 0 Å². The van der Waals surface area contributed by atoms with Gasteiger partial charge < -0.3 is 5.32 Å². The van der Waals surface area contributed by atoms with Crippen LogP contribution in [-0.4, -0.2) is 27.0 Å². The van der Waals surface area contributed by atoms with E-state index < -0.39 is 5.91 Å². The lowest BCUT2D eigenvalue weighted by Gasteiger charge is -2.04. The molecule has 4 rings (SSSR count). The highest BCUT2D eigenvalue weighted by molar-refractivity contribution is 7.14. The molecule has 0 bridgehead atoms. The fraction of sp³-hybridized carbons (Fsp3) is 0.0500. The van der Waals surface area contributed by atoms with Crippen molar-refractivity contribution in [1.82, 2.24) is 15.2 Å². The number of fused-ring (bicyclic) bond motifs is 1. The van der Waals surface area contributed by atoms with Gasteiger partial charge in [0, 0.05) is 28.9 Å². The second-order valence-electron chi connectivity index (χ2n) is 6.20. The van der Waals surface area contributed by atoms with Crippen LogP contribution in [0, 0.1) is 0 Å². The van der Waals surface area contributed by atoms with Gasteiger partial charge in [0.05, 0.1) is 11.1 Å². The number of hydrogen-bond donors (Lipinski definition) is 3. The number of H-pyrrole nitrogens is 1. The Morgan fingerprint density at radius 3 is 2.45 bits per heavy atom. The van der Waals surface area contributed by atoms with Gasteiger partial charge in [0.2, 0.25) is 5.91 Å². The van der Waals surface area contributed by atoms with Crippen molar-refractivity contribution in [3.05, 3.63) is 70.0 Å². The average Bonchev–Trinajstić information content (AvgIpc) is 3.17. The summed E-state index contributed by atoms with van der Waals surface area (Å²) >= 11 is 1.28. The summed E-state index contributed by atoms with van der Waals surface area (Å²) in [6.07, 6.45) is 0. The molecular weight excluding hydrogens is 390 g/mol. The molecular formula is C20H15N5O3S. The number of carbonyl (C=O) groups is 2. The number of aromatic amines is 1. The third kappa shape index (κ3) is 3.90. The Hall–Kier alpha value is -3.85. The predicted octanol–water partition coefficient (Wildman–Crippen LogP) is 3.26. The molecule has 8 nitrogen and oxygen atoms in total. The van der Waals surface area contributed by atoms with E-state index in [0.717, 1.165) is 5.56 Å². The molecule has 0 fully saturated rings. The highest BCUT2D eigenvalue weighted by Crippen LogP contribution is 2.26. The smallest absolute Gasteiger partial charge is 0.278 e. The molecule has 0 radical (unpaired) electrons. The molecule has 2 heterocycles. The van der Waals surface area contributed by atoms with E-state index in [1.807, 2.05) is 17.5 Å². The molecule has 0 aliphatic heterocycles. The molecule has 0 spiro atoms.